The third-order valence-electron chi connectivity index (χ3n) is 6.94. The van der Waals surface area contributed by atoms with Crippen LogP contribution in [-0.2, 0) is 25.8 Å². The topological polar surface area (TPSA) is 98.6 Å². The number of aromatic nitrogens is 2. The maximum Gasteiger partial charge on any atom is 0.257 e. The first-order chi connectivity index (χ1) is 17.3. The number of carbonyl (C=O) groups excluding carboxylic acids is 2. The average Bonchev–Trinajstić information content (AvgIpc) is 3.59. The number of hydrogen-bond donors (Lipinski definition) is 0. The molecule has 2 amide bonds. The Hall–Kier alpha value is -3.72. The summed E-state index contributed by atoms with van der Waals surface area (Å²) in [6.45, 7) is 2.03. The number of hydrogen-bond acceptors (Lipinski definition) is 6. The van der Waals surface area contributed by atoms with Crippen LogP contribution >= 0.6 is 0 Å². The SMILES string of the molecule is CC1Cc2cc(-c3nn(-c4ccccc4)cc3/C=C3\CC(=O)N(C4CCS(=O)(=O)C4)C3=O)ccc2O1. The zero-order valence-electron chi connectivity index (χ0n) is 19.8. The van der Waals surface area contributed by atoms with Crippen molar-refractivity contribution in [2.75, 3.05) is 11.5 Å². The lowest BCUT2D eigenvalue weighted by Crippen LogP contribution is -2.40. The second kappa shape index (κ2) is 8.44. The Morgan fingerprint density at radius 3 is 2.67 bits per heavy atom. The van der Waals surface area contributed by atoms with Crippen LogP contribution in [0.3, 0.4) is 0 Å². The largest absolute Gasteiger partial charge is 0.490 e. The highest BCUT2D eigenvalue weighted by Crippen LogP contribution is 2.35. The van der Waals surface area contributed by atoms with E-state index in [0.29, 0.717) is 23.3 Å². The number of carbonyl (C=O) groups is 2. The zero-order valence-corrected chi connectivity index (χ0v) is 20.6. The van der Waals surface area contributed by atoms with Gasteiger partial charge in [0.2, 0.25) is 5.91 Å². The summed E-state index contributed by atoms with van der Waals surface area (Å²) >= 11 is 0. The van der Waals surface area contributed by atoms with E-state index in [2.05, 4.69) is 6.07 Å². The van der Waals surface area contributed by atoms with E-state index in [1.54, 1.807) is 10.8 Å². The Morgan fingerprint density at radius 2 is 1.92 bits per heavy atom. The van der Waals surface area contributed by atoms with Crippen molar-refractivity contribution in [1.29, 1.82) is 0 Å². The van der Waals surface area contributed by atoms with Crippen molar-refractivity contribution < 1.29 is 22.7 Å². The Balaban J connectivity index is 1.40. The van der Waals surface area contributed by atoms with Gasteiger partial charge in [0.25, 0.3) is 5.91 Å². The summed E-state index contributed by atoms with van der Waals surface area (Å²) in [7, 11) is -3.22. The molecule has 3 aliphatic heterocycles. The van der Waals surface area contributed by atoms with Gasteiger partial charge in [-0.25, -0.2) is 13.1 Å². The first kappa shape index (κ1) is 22.7. The lowest BCUT2D eigenvalue weighted by Gasteiger charge is -2.19. The molecule has 0 bridgehead atoms. The highest BCUT2D eigenvalue weighted by Gasteiger charge is 2.43. The number of benzene rings is 2. The van der Waals surface area contributed by atoms with Crippen LogP contribution in [0.2, 0.25) is 0 Å². The molecule has 4 heterocycles. The van der Waals surface area contributed by atoms with Crippen LogP contribution in [0.4, 0.5) is 0 Å². The predicted octanol–water partition coefficient (Wildman–Crippen LogP) is 3.19. The Labute approximate surface area is 209 Å². The van der Waals surface area contributed by atoms with Crippen LogP contribution in [0.1, 0.15) is 30.9 Å². The van der Waals surface area contributed by atoms with Gasteiger partial charge in [0.15, 0.2) is 9.84 Å². The summed E-state index contributed by atoms with van der Waals surface area (Å²) < 4.78 is 31.5. The van der Waals surface area contributed by atoms with Gasteiger partial charge in [-0.3, -0.25) is 14.5 Å². The molecule has 0 radical (unpaired) electrons. The van der Waals surface area contributed by atoms with Gasteiger partial charge in [-0.2, -0.15) is 5.10 Å². The molecule has 0 saturated carbocycles. The van der Waals surface area contributed by atoms with Crippen LogP contribution in [0.5, 0.6) is 5.75 Å². The maximum atomic E-state index is 13.2. The molecule has 2 saturated heterocycles. The van der Waals surface area contributed by atoms with E-state index in [-0.39, 0.29) is 29.9 Å². The molecule has 2 aromatic carbocycles. The number of ether oxygens (including phenoxy) is 1. The fourth-order valence-electron chi connectivity index (χ4n) is 5.24. The van der Waals surface area contributed by atoms with Gasteiger partial charge in [-0.1, -0.05) is 18.2 Å². The third kappa shape index (κ3) is 4.03. The summed E-state index contributed by atoms with van der Waals surface area (Å²) in [6.07, 6.45) is 4.74. The van der Waals surface area contributed by atoms with Crippen molar-refractivity contribution in [3.05, 3.63) is 71.4 Å². The number of rotatable bonds is 4. The number of imide groups is 1. The van der Waals surface area contributed by atoms with Crippen LogP contribution < -0.4 is 4.74 Å². The van der Waals surface area contributed by atoms with Gasteiger partial charge in [0, 0.05) is 29.3 Å². The monoisotopic (exact) mass is 503 g/mol. The molecule has 36 heavy (non-hydrogen) atoms. The van der Waals surface area contributed by atoms with Gasteiger partial charge in [0.1, 0.15) is 11.9 Å². The van der Waals surface area contributed by atoms with Crippen LogP contribution in [0, 0.1) is 0 Å². The molecule has 184 valence electrons. The lowest BCUT2D eigenvalue weighted by molar-refractivity contribution is -0.139. The molecule has 0 spiro atoms. The molecular formula is C27H25N3O5S. The minimum atomic E-state index is -3.22. The Morgan fingerprint density at radius 1 is 1.11 bits per heavy atom. The molecule has 8 nitrogen and oxygen atoms in total. The van der Waals surface area contributed by atoms with Crippen LogP contribution in [0.15, 0.2) is 60.3 Å². The first-order valence-corrected chi connectivity index (χ1v) is 13.8. The first-order valence-electron chi connectivity index (χ1n) is 12.0. The molecule has 0 N–H and O–H groups in total. The van der Waals surface area contributed by atoms with Gasteiger partial charge < -0.3 is 4.74 Å². The summed E-state index contributed by atoms with van der Waals surface area (Å²) in [5, 5.41) is 4.84. The van der Waals surface area contributed by atoms with E-state index in [0.717, 1.165) is 33.9 Å². The standard InChI is InChI=1S/C27H25N3O5S/c1-17-11-19-12-18(7-8-24(19)35-17)26-21(15-29(28-26)22-5-3-2-4-6-22)13-20-14-25(31)30(27(20)32)23-9-10-36(33,34)16-23/h2-8,12-13,15,17,23H,9-11,14,16H2,1H3/b20-13+. The molecule has 1 aromatic heterocycles. The Kier molecular flexibility index (Phi) is 5.33. The van der Waals surface area contributed by atoms with E-state index < -0.39 is 21.8 Å². The lowest BCUT2D eigenvalue weighted by atomic mass is 10.0. The number of nitrogens with zero attached hydrogens (tertiary/aromatic N) is 3. The van der Waals surface area contributed by atoms with Crippen molar-refractivity contribution in [2.24, 2.45) is 0 Å². The minimum Gasteiger partial charge on any atom is -0.490 e. The molecule has 3 aliphatic rings. The summed E-state index contributed by atoms with van der Waals surface area (Å²) in [4.78, 5) is 27.1. The van der Waals surface area contributed by atoms with Crippen molar-refractivity contribution >= 4 is 27.7 Å². The Bertz CT molecular complexity index is 1520. The molecule has 3 aromatic rings. The number of likely N-dealkylation sites (tertiary alicyclic amines) is 1. The van der Waals surface area contributed by atoms with Gasteiger partial charge in [-0.05, 0) is 55.3 Å². The molecule has 2 fully saturated rings. The van der Waals surface area contributed by atoms with E-state index in [1.165, 1.54) is 0 Å². The fraction of sp³-hybridized carbons (Fsp3) is 0.296. The molecule has 9 heteroatoms. The molecule has 6 rings (SSSR count). The predicted molar refractivity (Wildman–Crippen MR) is 134 cm³/mol. The van der Waals surface area contributed by atoms with Crippen LogP contribution in [0.25, 0.3) is 23.0 Å². The molecule has 2 unspecified atom stereocenters. The molecular weight excluding hydrogens is 478 g/mol. The molecule has 2 atom stereocenters. The van der Waals surface area contributed by atoms with Gasteiger partial charge in [-0.15, -0.1) is 0 Å². The number of fused-ring (bicyclic) bond motifs is 1. The zero-order chi connectivity index (χ0) is 25.0. The van der Waals surface area contributed by atoms with Crippen molar-refractivity contribution in [3.63, 3.8) is 0 Å². The number of sulfone groups is 1. The second-order valence-corrected chi connectivity index (χ2v) is 11.9. The normalized spacial score (nSPS) is 23.9. The summed E-state index contributed by atoms with van der Waals surface area (Å²) in [6, 6.07) is 15.0. The minimum absolute atomic E-state index is 0.00241. The van der Waals surface area contributed by atoms with Crippen molar-refractivity contribution in [3.8, 4) is 22.7 Å². The van der Waals surface area contributed by atoms with E-state index in [9.17, 15) is 18.0 Å². The number of para-hydroxylation sites is 1. The smallest absolute Gasteiger partial charge is 0.257 e. The van der Waals surface area contributed by atoms with Crippen LogP contribution in [-0.4, -0.2) is 58.6 Å². The van der Waals surface area contributed by atoms with E-state index in [1.807, 2.05) is 55.6 Å². The van der Waals surface area contributed by atoms with Gasteiger partial charge >= 0.3 is 0 Å². The highest BCUT2D eigenvalue weighted by molar-refractivity contribution is 7.91. The highest BCUT2D eigenvalue weighted by atomic mass is 32.2. The average molecular weight is 504 g/mol. The summed E-state index contributed by atoms with van der Waals surface area (Å²) in [5.74, 6) is -0.0643. The van der Waals surface area contributed by atoms with E-state index >= 15 is 0 Å². The molecule has 0 aliphatic carbocycles. The summed E-state index contributed by atoms with van der Waals surface area (Å²) in [5.41, 5.74) is 4.61. The second-order valence-electron chi connectivity index (χ2n) is 9.64. The van der Waals surface area contributed by atoms with Gasteiger partial charge in [0.05, 0.1) is 35.3 Å². The quantitative estimate of drug-likeness (QED) is 0.401. The number of amides is 2. The maximum absolute atomic E-state index is 13.2. The van der Waals surface area contributed by atoms with Crippen molar-refractivity contribution in [2.45, 2.75) is 38.3 Å². The third-order valence-corrected chi connectivity index (χ3v) is 8.69. The fourth-order valence-corrected chi connectivity index (χ4v) is 6.94. The van der Waals surface area contributed by atoms with Crippen molar-refractivity contribution in [1.82, 2.24) is 14.7 Å². The van der Waals surface area contributed by atoms with E-state index in [4.69, 9.17) is 9.84 Å².